The van der Waals surface area contributed by atoms with Crippen molar-refractivity contribution in [3.05, 3.63) is 12.3 Å². The van der Waals surface area contributed by atoms with Crippen molar-refractivity contribution in [3.63, 3.8) is 0 Å². The van der Waals surface area contributed by atoms with Gasteiger partial charge in [-0.25, -0.2) is 0 Å². The summed E-state index contributed by atoms with van der Waals surface area (Å²) in [4.78, 5) is 5.03. The molecule has 3 fully saturated rings. The Labute approximate surface area is 87.6 Å². The highest BCUT2D eigenvalue weighted by atomic mass is 15.4. The molecule has 3 aliphatic rings. The molecule has 0 N–H and O–H groups in total. The van der Waals surface area contributed by atoms with Crippen LogP contribution < -0.4 is 0 Å². The molecule has 3 heterocycles. The molecule has 80 valence electrons. The van der Waals surface area contributed by atoms with E-state index in [1.54, 1.807) is 0 Å². The summed E-state index contributed by atoms with van der Waals surface area (Å²) in [6.07, 6.45) is 5.18. The number of rotatable bonds is 4. The van der Waals surface area contributed by atoms with Gasteiger partial charge in [0.25, 0.3) is 0 Å². The van der Waals surface area contributed by atoms with E-state index >= 15 is 0 Å². The number of fused-ring (bicyclic) bond motifs is 2. The fourth-order valence-electron chi connectivity index (χ4n) is 2.85. The molecule has 2 heteroatoms. The monoisotopic (exact) mass is 194 g/mol. The Morgan fingerprint density at radius 1 is 1.36 bits per heavy atom. The predicted molar refractivity (Wildman–Crippen MR) is 60.2 cm³/mol. The number of hydrogen-bond acceptors (Lipinski definition) is 2. The fraction of sp³-hybridized carbons (Fsp3) is 0.833. The number of hydrogen-bond donors (Lipinski definition) is 0. The number of nitrogens with zero attached hydrogens (tertiary/aromatic N) is 2. The van der Waals surface area contributed by atoms with Gasteiger partial charge in [-0.2, -0.15) is 0 Å². The number of piperidine rings is 1. The highest BCUT2D eigenvalue weighted by molar-refractivity contribution is 5.11. The molecule has 0 amide bonds. The van der Waals surface area contributed by atoms with E-state index in [1.807, 2.05) is 0 Å². The van der Waals surface area contributed by atoms with Crippen LogP contribution in [-0.4, -0.2) is 42.0 Å². The second-order valence-electron chi connectivity index (χ2n) is 4.84. The third-order valence-electron chi connectivity index (χ3n) is 3.56. The van der Waals surface area contributed by atoms with Crippen molar-refractivity contribution in [2.45, 2.75) is 44.7 Å². The standard InChI is InChI=1S/C12H22N2/c1-4-5-6-10(2)14-11-7-12(14)9-13(3)8-11/h11-12H,2,4-9H2,1,3H3. The second kappa shape index (κ2) is 3.93. The average Bonchev–Trinajstić information content (AvgIpc) is 2.14. The molecule has 2 atom stereocenters. The molecule has 3 aliphatic heterocycles. The second-order valence-corrected chi connectivity index (χ2v) is 4.84. The van der Waals surface area contributed by atoms with E-state index in [0.717, 1.165) is 12.1 Å². The van der Waals surface area contributed by atoms with E-state index < -0.39 is 0 Å². The smallest absolute Gasteiger partial charge is 0.0437 e. The summed E-state index contributed by atoms with van der Waals surface area (Å²) in [6.45, 7) is 8.95. The Hall–Kier alpha value is -0.500. The van der Waals surface area contributed by atoms with Gasteiger partial charge >= 0.3 is 0 Å². The van der Waals surface area contributed by atoms with Crippen LogP contribution in [0.15, 0.2) is 12.3 Å². The van der Waals surface area contributed by atoms with Crippen LogP contribution in [0.25, 0.3) is 0 Å². The van der Waals surface area contributed by atoms with Crippen LogP contribution in [0.4, 0.5) is 0 Å². The van der Waals surface area contributed by atoms with Gasteiger partial charge in [0, 0.05) is 30.9 Å². The predicted octanol–water partition coefficient (Wildman–Crippen LogP) is 2.08. The number of unbranched alkanes of at least 4 members (excludes halogenated alkanes) is 1. The quantitative estimate of drug-likeness (QED) is 0.676. The molecule has 0 aliphatic carbocycles. The third kappa shape index (κ3) is 1.68. The van der Waals surface area contributed by atoms with E-state index in [1.165, 1.54) is 44.5 Å². The van der Waals surface area contributed by atoms with Crippen molar-refractivity contribution >= 4 is 0 Å². The maximum absolute atomic E-state index is 4.23. The van der Waals surface area contributed by atoms with Crippen LogP contribution in [0, 0.1) is 0 Å². The first-order valence-electron chi connectivity index (χ1n) is 5.87. The maximum atomic E-state index is 4.23. The summed E-state index contributed by atoms with van der Waals surface area (Å²) < 4.78 is 0. The molecule has 3 saturated heterocycles. The molecule has 0 aromatic rings. The lowest BCUT2D eigenvalue weighted by Crippen LogP contribution is -2.67. The highest BCUT2D eigenvalue weighted by Crippen LogP contribution is 2.35. The van der Waals surface area contributed by atoms with E-state index in [-0.39, 0.29) is 0 Å². The van der Waals surface area contributed by atoms with Gasteiger partial charge in [0.1, 0.15) is 0 Å². The van der Waals surface area contributed by atoms with Crippen LogP contribution in [0.3, 0.4) is 0 Å². The SMILES string of the molecule is C=C(CCCC)N1C2CC1CN(C)C2. The summed E-state index contributed by atoms with van der Waals surface area (Å²) in [6, 6.07) is 1.56. The molecule has 0 spiro atoms. The minimum Gasteiger partial charge on any atom is -0.367 e. The van der Waals surface area contributed by atoms with Gasteiger partial charge in [-0.3, -0.25) is 0 Å². The Balaban J connectivity index is 1.85. The molecule has 2 nitrogen and oxygen atoms in total. The van der Waals surface area contributed by atoms with Crippen molar-refractivity contribution in [1.82, 2.24) is 9.80 Å². The summed E-state index contributed by atoms with van der Waals surface area (Å²) >= 11 is 0. The van der Waals surface area contributed by atoms with Crippen LogP contribution in [0.1, 0.15) is 32.6 Å². The zero-order valence-electron chi connectivity index (χ0n) is 9.50. The van der Waals surface area contributed by atoms with E-state index in [0.29, 0.717) is 0 Å². The van der Waals surface area contributed by atoms with Gasteiger partial charge in [0.05, 0.1) is 0 Å². The van der Waals surface area contributed by atoms with Crippen LogP contribution in [0.5, 0.6) is 0 Å². The molecule has 0 aromatic carbocycles. The Morgan fingerprint density at radius 2 is 2.00 bits per heavy atom. The summed E-state index contributed by atoms with van der Waals surface area (Å²) in [5.41, 5.74) is 1.39. The molecule has 2 unspecified atom stereocenters. The van der Waals surface area contributed by atoms with Crippen molar-refractivity contribution in [2.75, 3.05) is 20.1 Å². The Bertz CT molecular complexity index is 212. The van der Waals surface area contributed by atoms with Crippen molar-refractivity contribution in [3.8, 4) is 0 Å². The van der Waals surface area contributed by atoms with Crippen LogP contribution in [0.2, 0.25) is 0 Å². The van der Waals surface area contributed by atoms with E-state index in [9.17, 15) is 0 Å². The minimum absolute atomic E-state index is 0.781. The van der Waals surface area contributed by atoms with E-state index in [2.05, 4.69) is 30.4 Å². The molecular weight excluding hydrogens is 172 g/mol. The Kier molecular flexibility index (Phi) is 2.82. The van der Waals surface area contributed by atoms with E-state index in [4.69, 9.17) is 0 Å². The first kappa shape index (κ1) is 10.0. The lowest BCUT2D eigenvalue weighted by Gasteiger charge is -2.57. The molecule has 14 heavy (non-hydrogen) atoms. The fourth-order valence-corrected chi connectivity index (χ4v) is 2.85. The number of piperazine rings is 1. The first-order valence-corrected chi connectivity index (χ1v) is 5.87. The molecule has 0 radical (unpaired) electrons. The Morgan fingerprint density at radius 3 is 2.57 bits per heavy atom. The van der Waals surface area contributed by atoms with Gasteiger partial charge < -0.3 is 9.80 Å². The lowest BCUT2D eigenvalue weighted by molar-refractivity contribution is -0.0363. The zero-order chi connectivity index (χ0) is 10.1. The van der Waals surface area contributed by atoms with Gasteiger partial charge in [0.2, 0.25) is 0 Å². The largest absolute Gasteiger partial charge is 0.367 e. The molecule has 0 saturated carbocycles. The maximum Gasteiger partial charge on any atom is 0.0437 e. The summed E-state index contributed by atoms with van der Waals surface area (Å²) in [7, 11) is 2.23. The van der Waals surface area contributed by atoms with Crippen molar-refractivity contribution in [1.29, 1.82) is 0 Å². The molecule has 3 rings (SSSR count). The van der Waals surface area contributed by atoms with Crippen LogP contribution in [-0.2, 0) is 0 Å². The van der Waals surface area contributed by atoms with Gasteiger partial charge in [-0.1, -0.05) is 19.9 Å². The van der Waals surface area contributed by atoms with Crippen LogP contribution >= 0.6 is 0 Å². The van der Waals surface area contributed by atoms with Crippen molar-refractivity contribution < 1.29 is 0 Å². The molecule has 2 bridgehead atoms. The molecular formula is C12H22N2. The van der Waals surface area contributed by atoms with Gasteiger partial charge in [-0.15, -0.1) is 0 Å². The first-order chi connectivity index (χ1) is 6.72. The summed E-state index contributed by atoms with van der Waals surface area (Å²) in [5, 5.41) is 0. The number of allylic oxidation sites excluding steroid dienone is 1. The minimum atomic E-state index is 0.781. The normalized spacial score (nSPS) is 31.4. The van der Waals surface area contributed by atoms with Gasteiger partial charge in [0.15, 0.2) is 0 Å². The lowest BCUT2D eigenvalue weighted by atomic mass is 9.86. The highest BCUT2D eigenvalue weighted by Gasteiger charge is 2.43. The average molecular weight is 194 g/mol. The van der Waals surface area contributed by atoms with Crippen molar-refractivity contribution in [2.24, 2.45) is 0 Å². The summed E-state index contributed by atoms with van der Waals surface area (Å²) in [5.74, 6) is 0. The third-order valence-corrected chi connectivity index (χ3v) is 3.56. The zero-order valence-corrected chi connectivity index (χ0v) is 9.50. The topological polar surface area (TPSA) is 6.48 Å². The van der Waals surface area contributed by atoms with Gasteiger partial charge in [-0.05, 0) is 26.3 Å². The molecule has 0 aromatic heterocycles. The number of likely N-dealkylation sites (N-methyl/N-ethyl adjacent to an activating group) is 1.